The number of hydrogen-bond donors (Lipinski definition) is 3. The van der Waals surface area contributed by atoms with Gasteiger partial charge in [-0.05, 0) is 25.5 Å². The van der Waals surface area contributed by atoms with Crippen molar-refractivity contribution in [1.82, 2.24) is 9.97 Å². The normalized spacial score (nSPS) is 10.3. The number of carboxylic acids is 1. The molecular weight excluding hydrogens is 292 g/mol. The molecule has 0 atom stereocenters. The zero-order valence-corrected chi connectivity index (χ0v) is 13.5. The van der Waals surface area contributed by atoms with Crippen LogP contribution in [0.3, 0.4) is 0 Å². The monoisotopic (exact) mass is 314 g/mol. The SMILES string of the molecule is CCCCCNc1nc(C)cc(Nc2ccccc2C(=O)O)n1. The second-order valence-electron chi connectivity index (χ2n) is 5.33. The summed E-state index contributed by atoms with van der Waals surface area (Å²) in [4.78, 5) is 20.0. The van der Waals surface area contributed by atoms with Gasteiger partial charge in [0.25, 0.3) is 0 Å². The molecule has 2 rings (SSSR count). The molecule has 0 saturated heterocycles. The molecule has 3 N–H and O–H groups in total. The molecule has 23 heavy (non-hydrogen) atoms. The Morgan fingerprint density at radius 2 is 2.00 bits per heavy atom. The van der Waals surface area contributed by atoms with Crippen LogP contribution < -0.4 is 10.6 Å². The van der Waals surface area contributed by atoms with Gasteiger partial charge in [0.05, 0.1) is 11.3 Å². The van der Waals surface area contributed by atoms with Gasteiger partial charge in [-0.3, -0.25) is 0 Å². The summed E-state index contributed by atoms with van der Waals surface area (Å²) >= 11 is 0. The lowest BCUT2D eigenvalue weighted by atomic mass is 10.2. The van der Waals surface area contributed by atoms with Gasteiger partial charge in [-0.2, -0.15) is 4.98 Å². The van der Waals surface area contributed by atoms with Crippen LogP contribution in [-0.4, -0.2) is 27.6 Å². The first-order valence-electron chi connectivity index (χ1n) is 7.79. The molecule has 6 nitrogen and oxygen atoms in total. The Morgan fingerprint density at radius 3 is 2.74 bits per heavy atom. The molecule has 0 saturated carbocycles. The quantitative estimate of drug-likeness (QED) is 0.642. The largest absolute Gasteiger partial charge is 0.478 e. The van der Waals surface area contributed by atoms with E-state index in [-0.39, 0.29) is 5.56 Å². The van der Waals surface area contributed by atoms with Crippen molar-refractivity contribution in [3.05, 3.63) is 41.6 Å². The van der Waals surface area contributed by atoms with Gasteiger partial charge in [0, 0.05) is 18.3 Å². The van der Waals surface area contributed by atoms with Crippen molar-refractivity contribution in [2.75, 3.05) is 17.2 Å². The van der Waals surface area contributed by atoms with Gasteiger partial charge in [-0.1, -0.05) is 31.9 Å². The maximum absolute atomic E-state index is 11.3. The fourth-order valence-corrected chi connectivity index (χ4v) is 2.20. The van der Waals surface area contributed by atoms with Crippen LogP contribution in [-0.2, 0) is 0 Å². The second kappa shape index (κ2) is 8.12. The molecule has 0 amide bonds. The molecule has 1 heterocycles. The molecule has 0 aliphatic rings. The first-order valence-corrected chi connectivity index (χ1v) is 7.79. The molecule has 0 fully saturated rings. The predicted octanol–water partition coefficient (Wildman–Crippen LogP) is 3.83. The Labute approximate surface area is 136 Å². The average molecular weight is 314 g/mol. The van der Waals surface area contributed by atoms with Gasteiger partial charge in [0.1, 0.15) is 5.82 Å². The summed E-state index contributed by atoms with van der Waals surface area (Å²) in [6, 6.07) is 8.54. The van der Waals surface area contributed by atoms with E-state index in [4.69, 9.17) is 0 Å². The number of para-hydroxylation sites is 1. The minimum atomic E-state index is -0.975. The Kier molecular flexibility index (Phi) is 5.91. The molecule has 6 heteroatoms. The number of rotatable bonds is 8. The summed E-state index contributed by atoms with van der Waals surface area (Å²) < 4.78 is 0. The number of anilines is 3. The van der Waals surface area contributed by atoms with Crippen molar-refractivity contribution < 1.29 is 9.90 Å². The third kappa shape index (κ3) is 4.95. The highest BCUT2D eigenvalue weighted by molar-refractivity contribution is 5.95. The highest BCUT2D eigenvalue weighted by Crippen LogP contribution is 2.21. The van der Waals surface area contributed by atoms with Crippen molar-refractivity contribution in [2.24, 2.45) is 0 Å². The first-order chi connectivity index (χ1) is 11.1. The minimum absolute atomic E-state index is 0.209. The highest BCUT2D eigenvalue weighted by Gasteiger charge is 2.10. The van der Waals surface area contributed by atoms with E-state index < -0.39 is 5.97 Å². The number of aromatic carboxylic acids is 1. The molecule has 122 valence electrons. The van der Waals surface area contributed by atoms with Gasteiger partial charge >= 0.3 is 5.97 Å². The molecule has 1 aromatic heterocycles. The summed E-state index contributed by atoms with van der Waals surface area (Å²) in [5, 5.41) is 15.5. The average Bonchev–Trinajstić information content (AvgIpc) is 2.51. The van der Waals surface area contributed by atoms with Gasteiger partial charge < -0.3 is 15.7 Å². The standard InChI is InChI=1S/C17H22N4O2/c1-3-4-7-10-18-17-19-12(2)11-15(21-17)20-14-9-6-5-8-13(14)16(22)23/h5-6,8-9,11H,3-4,7,10H2,1-2H3,(H,22,23)(H2,18,19,20,21). The zero-order chi connectivity index (χ0) is 16.7. The van der Waals surface area contributed by atoms with Crippen molar-refractivity contribution in [3.63, 3.8) is 0 Å². The third-order valence-electron chi connectivity index (χ3n) is 3.34. The van der Waals surface area contributed by atoms with Crippen molar-refractivity contribution in [3.8, 4) is 0 Å². The van der Waals surface area contributed by atoms with Gasteiger partial charge in [0.2, 0.25) is 5.95 Å². The number of hydrogen-bond acceptors (Lipinski definition) is 5. The maximum Gasteiger partial charge on any atom is 0.337 e. The van der Waals surface area contributed by atoms with Crippen LogP contribution in [0.1, 0.15) is 42.2 Å². The van der Waals surface area contributed by atoms with Crippen LogP contribution in [0.2, 0.25) is 0 Å². The fourth-order valence-electron chi connectivity index (χ4n) is 2.20. The van der Waals surface area contributed by atoms with Gasteiger partial charge in [-0.15, -0.1) is 0 Å². The molecule has 0 aliphatic carbocycles. The Morgan fingerprint density at radius 1 is 1.22 bits per heavy atom. The smallest absolute Gasteiger partial charge is 0.337 e. The molecule has 0 unspecified atom stereocenters. The molecule has 0 bridgehead atoms. The number of unbranched alkanes of at least 4 members (excludes halogenated alkanes) is 2. The topological polar surface area (TPSA) is 87.1 Å². The molecule has 1 aromatic carbocycles. The van der Waals surface area contributed by atoms with Crippen LogP contribution in [0.5, 0.6) is 0 Å². The van der Waals surface area contributed by atoms with Crippen LogP contribution in [0.15, 0.2) is 30.3 Å². The summed E-state index contributed by atoms with van der Waals surface area (Å²) in [6.45, 7) is 4.86. The van der Waals surface area contributed by atoms with E-state index in [1.54, 1.807) is 30.3 Å². The zero-order valence-electron chi connectivity index (χ0n) is 13.5. The number of nitrogens with zero attached hydrogens (tertiary/aromatic N) is 2. The lowest BCUT2D eigenvalue weighted by Gasteiger charge is -2.11. The van der Waals surface area contributed by atoms with E-state index >= 15 is 0 Å². The van der Waals surface area contributed by atoms with Crippen LogP contribution >= 0.6 is 0 Å². The van der Waals surface area contributed by atoms with Crippen LogP contribution in [0.4, 0.5) is 17.5 Å². The Bertz CT molecular complexity index is 673. The lowest BCUT2D eigenvalue weighted by molar-refractivity contribution is 0.0698. The van der Waals surface area contributed by atoms with E-state index in [0.29, 0.717) is 17.5 Å². The van der Waals surface area contributed by atoms with Crippen molar-refractivity contribution in [2.45, 2.75) is 33.1 Å². The maximum atomic E-state index is 11.3. The summed E-state index contributed by atoms with van der Waals surface area (Å²) in [6.07, 6.45) is 3.39. The van der Waals surface area contributed by atoms with Crippen LogP contribution in [0.25, 0.3) is 0 Å². The summed E-state index contributed by atoms with van der Waals surface area (Å²) in [5.41, 5.74) is 1.53. The number of aromatic nitrogens is 2. The molecule has 0 radical (unpaired) electrons. The number of aryl methyl sites for hydroxylation is 1. The summed E-state index contributed by atoms with van der Waals surface area (Å²) in [5.74, 6) is 0.150. The number of nitrogens with one attached hydrogen (secondary N) is 2. The fraction of sp³-hybridized carbons (Fsp3) is 0.353. The molecule has 2 aromatic rings. The number of carbonyl (C=O) groups is 1. The van der Waals surface area contributed by atoms with E-state index in [9.17, 15) is 9.90 Å². The Hall–Kier alpha value is -2.63. The van der Waals surface area contributed by atoms with Gasteiger partial charge in [0.15, 0.2) is 0 Å². The van der Waals surface area contributed by atoms with Crippen LogP contribution in [0, 0.1) is 6.92 Å². The van der Waals surface area contributed by atoms with Crippen molar-refractivity contribution >= 4 is 23.4 Å². The summed E-state index contributed by atoms with van der Waals surface area (Å²) in [7, 11) is 0. The molecule has 0 spiro atoms. The van der Waals surface area contributed by atoms with E-state index in [2.05, 4.69) is 27.5 Å². The third-order valence-corrected chi connectivity index (χ3v) is 3.34. The van der Waals surface area contributed by atoms with Crippen molar-refractivity contribution in [1.29, 1.82) is 0 Å². The van der Waals surface area contributed by atoms with E-state index in [1.807, 2.05) is 6.92 Å². The predicted molar refractivity (Wildman–Crippen MR) is 91.5 cm³/mol. The van der Waals surface area contributed by atoms with Gasteiger partial charge in [-0.25, -0.2) is 9.78 Å². The second-order valence-corrected chi connectivity index (χ2v) is 5.33. The van der Waals surface area contributed by atoms with E-state index in [0.717, 1.165) is 31.5 Å². The Balaban J connectivity index is 2.14. The first kappa shape index (κ1) is 16.7. The number of benzene rings is 1. The molecule has 0 aliphatic heterocycles. The minimum Gasteiger partial charge on any atom is -0.478 e. The number of carboxylic acid groups (broad SMARTS) is 1. The molecular formula is C17H22N4O2. The lowest BCUT2D eigenvalue weighted by Crippen LogP contribution is -2.08. The van der Waals surface area contributed by atoms with E-state index in [1.165, 1.54) is 0 Å². The highest BCUT2D eigenvalue weighted by atomic mass is 16.4.